The Hall–Kier alpha value is -0.570. The normalized spacial score (nSPS) is 38.5. The van der Waals surface area contributed by atoms with Gasteiger partial charge in [-0.2, -0.15) is 0 Å². The monoisotopic (exact) mass is 143 g/mol. The van der Waals surface area contributed by atoms with Gasteiger partial charge in [0.15, 0.2) is 0 Å². The third-order valence-corrected chi connectivity index (χ3v) is 2.13. The molecule has 3 heteroatoms. The average Bonchev–Trinajstić information content (AvgIpc) is 1.84. The van der Waals surface area contributed by atoms with Crippen LogP contribution in [0.25, 0.3) is 0 Å². The Kier molecular flexibility index (Phi) is 1.68. The van der Waals surface area contributed by atoms with Gasteiger partial charge in [-0.25, -0.2) is 0 Å². The summed E-state index contributed by atoms with van der Waals surface area (Å²) >= 11 is 0. The van der Waals surface area contributed by atoms with Crippen LogP contribution < -0.4 is 5.32 Å². The Morgan fingerprint density at radius 1 is 1.80 bits per heavy atom. The number of hydrogen-bond donors (Lipinski definition) is 2. The van der Waals surface area contributed by atoms with Gasteiger partial charge >= 0.3 is 0 Å². The second-order valence-corrected chi connectivity index (χ2v) is 3.15. The second-order valence-electron chi connectivity index (χ2n) is 3.15. The number of nitrogens with one attached hydrogen (secondary N) is 1. The number of amides is 1. The molecule has 10 heavy (non-hydrogen) atoms. The number of aliphatic hydroxyl groups is 1. The van der Waals surface area contributed by atoms with E-state index in [9.17, 15) is 9.90 Å². The van der Waals surface area contributed by atoms with Crippen molar-refractivity contribution in [2.75, 3.05) is 0 Å². The summed E-state index contributed by atoms with van der Waals surface area (Å²) in [6.07, 6.45) is 1.33. The highest BCUT2D eigenvalue weighted by molar-refractivity contribution is 5.74. The molecule has 1 saturated carbocycles. The van der Waals surface area contributed by atoms with E-state index in [1.54, 1.807) is 0 Å². The van der Waals surface area contributed by atoms with Gasteiger partial charge in [0.1, 0.15) is 0 Å². The van der Waals surface area contributed by atoms with Gasteiger partial charge in [-0.1, -0.05) is 0 Å². The average molecular weight is 143 g/mol. The molecule has 0 saturated heterocycles. The third-order valence-electron chi connectivity index (χ3n) is 2.13. The molecule has 0 radical (unpaired) electrons. The lowest BCUT2D eigenvalue weighted by Gasteiger charge is -2.44. The molecule has 0 heterocycles. The minimum Gasteiger partial charge on any atom is -0.391 e. The van der Waals surface area contributed by atoms with Crippen LogP contribution in [0.3, 0.4) is 0 Å². The SMILES string of the molecule is CC(=O)N[C@@]1(C)CCC1O. The molecule has 0 aromatic rings. The molecule has 2 atom stereocenters. The molecule has 1 aliphatic rings. The molecule has 2 N–H and O–H groups in total. The van der Waals surface area contributed by atoms with Crippen LogP contribution in [-0.2, 0) is 4.79 Å². The Bertz CT molecular complexity index is 158. The van der Waals surface area contributed by atoms with E-state index in [4.69, 9.17) is 0 Å². The molecule has 1 fully saturated rings. The van der Waals surface area contributed by atoms with Crippen LogP contribution in [0.5, 0.6) is 0 Å². The summed E-state index contributed by atoms with van der Waals surface area (Å²) in [5.41, 5.74) is -0.341. The summed E-state index contributed by atoms with van der Waals surface area (Å²) in [5, 5.41) is 11.9. The van der Waals surface area contributed by atoms with Gasteiger partial charge in [-0.05, 0) is 19.8 Å². The molecule has 0 bridgehead atoms. The third kappa shape index (κ3) is 1.14. The first-order valence-corrected chi connectivity index (χ1v) is 3.51. The lowest BCUT2D eigenvalue weighted by molar-refractivity contribution is -0.125. The van der Waals surface area contributed by atoms with E-state index >= 15 is 0 Å². The van der Waals surface area contributed by atoms with Gasteiger partial charge in [0.25, 0.3) is 0 Å². The minimum absolute atomic E-state index is 0.0683. The van der Waals surface area contributed by atoms with E-state index in [1.165, 1.54) is 6.92 Å². The fourth-order valence-electron chi connectivity index (χ4n) is 1.25. The van der Waals surface area contributed by atoms with Crippen molar-refractivity contribution >= 4 is 5.91 Å². The van der Waals surface area contributed by atoms with Crippen molar-refractivity contribution in [1.82, 2.24) is 5.32 Å². The first kappa shape index (κ1) is 7.54. The van der Waals surface area contributed by atoms with E-state index in [0.717, 1.165) is 12.8 Å². The lowest BCUT2D eigenvalue weighted by Crippen LogP contribution is -2.60. The molecule has 0 aliphatic heterocycles. The molecular weight excluding hydrogens is 130 g/mol. The van der Waals surface area contributed by atoms with Crippen molar-refractivity contribution in [3.8, 4) is 0 Å². The lowest BCUT2D eigenvalue weighted by atomic mass is 9.75. The predicted molar refractivity (Wildman–Crippen MR) is 37.5 cm³/mol. The largest absolute Gasteiger partial charge is 0.391 e. The van der Waals surface area contributed by atoms with Crippen LogP contribution in [0.15, 0.2) is 0 Å². The smallest absolute Gasteiger partial charge is 0.217 e. The van der Waals surface area contributed by atoms with Crippen LogP contribution >= 0.6 is 0 Å². The summed E-state index contributed by atoms with van der Waals surface area (Å²) in [6.45, 7) is 3.33. The van der Waals surface area contributed by atoms with E-state index in [0.29, 0.717) is 0 Å². The Morgan fingerprint density at radius 2 is 2.40 bits per heavy atom. The zero-order chi connectivity index (χ0) is 7.78. The quantitative estimate of drug-likeness (QED) is 0.544. The van der Waals surface area contributed by atoms with Gasteiger partial charge in [0, 0.05) is 6.92 Å². The van der Waals surface area contributed by atoms with Crippen molar-refractivity contribution in [3.05, 3.63) is 0 Å². The Morgan fingerprint density at radius 3 is 2.50 bits per heavy atom. The van der Waals surface area contributed by atoms with Crippen molar-refractivity contribution in [2.24, 2.45) is 0 Å². The van der Waals surface area contributed by atoms with Crippen molar-refractivity contribution in [3.63, 3.8) is 0 Å². The maximum atomic E-state index is 10.6. The fraction of sp³-hybridized carbons (Fsp3) is 0.857. The number of hydrogen-bond acceptors (Lipinski definition) is 2. The topological polar surface area (TPSA) is 49.3 Å². The molecule has 1 unspecified atom stereocenters. The van der Waals surface area contributed by atoms with Crippen molar-refractivity contribution in [1.29, 1.82) is 0 Å². The Balaban J connectivity index is 2.45. The number of carbonyl (C=O) groups is 1. The van der Waals surface area contributed by atoms with E-state index in [1.807, 2.05) is 6.92 Å². The van der Waals surface area contributed by atoms with E-state index < -0.39 is 0 Å². The van der Waals surface area contributed by atoms with Crippen LogP contribution in [0.1, 0.15) is 26.7 Å². The van der Waals surface area contributed by atoms with Gasteiger partial charge < -0.3 is 10.4 Å². The van der Waals surface area contributed by atoms with Crippen LogP contribution in [0.2, 0.25) is 0 Å². The minimum atomic E-state index is -0.351. The van der Waals surface area contributed by atoms with Crippen molar-refractivity contribution < 1.29 is 9.90 Å². The highest BCUT2D eigenvalue weighted by Gasteiger charge is 2.41. The maximum Gasteiger partial charge on any atom is 0.217 e. The van der Waals surface area contributed by atoms with Crippen LogP contribution in [0, 0.1) is 0 Å². The van der Waals surface area contributed by atoms with Crippen LogP contribution in [-0.4, -0.2) is 22.7 Å². The summed E-state index contributed by atoms with van der Waals surface area (Å²) in [7, 11) is 0. The molecule has 3 nitrogen and oxygen atoms in total. The van der Waals surface area contributed by atoms with E-state index in [2.05, 4.69) is 5.32 Å². The molecule has 1 rings (SSSR count). The maximum absolute atomic E-state index is 10.6. The first-order valence-electron chi connectivity index (χ1n) is 3.51. The van der Waals surface area contributed by atoms with Gasteiger partial charge in [0.2, 0.25) is 5.91 Å². The summed E-state index contributed by atoms with van der Waals surface area (Å²) in [6, 6.07) is 0. The standard InChI is InChI=1S/C7H13NO2/c1-5(9)8-7(2)4-3-6(7)10/h6,10H,3-4H2,1-2H3,(H,8,9)/t6?,7-/m0/s1. The number of rotatable bonds is 1. The zero-order valence-electron chi connectivity index (χ0n) is 6.35. The molecular formula is C7H13NO2. The highest BCUT2D eigenvalue weighted by Crippen LogP contribution is 2.31. The molecule has 58 valence electrons. The van der Waals surface area contributed by atoms with E-state index in [-0.39, 0.29) is 17.6 Å². The molecule has 0 spiro atoms. The first-order chi connectivity index (χ1) is 4.54. The summed E-state index contributed by atoms with van der Waals surface area (Å²) in [5.74, 6) is -0.0683. The molecule has 1 amide bonds. The number of aliphatic hydroxyl groups excluding tert-OH is 1. The fourth-order valence-corrected chi connectivity index (χ4v) is 1.25. The second kappa shape index (κ2) is 2.23. The molecule has 0 aromatic heterocycles. The molecule has 1 aliphatic carbocycles. The van der Waals surface area contributed by atoms with Gasteiger partial charge in [-0.3, -0.25) is 4.79 Å². The highest BCUT2D eigenvalue weighted by atomic mass is 16.3. The van der Waals surface area contributed by atoms with Gasteiger partial charge in [-0.15, -0.1) is 0 Å². The molecule has 0 aromatic carbocycles. The zero-order valence-corrected chi connectivity index (χ0v) is 6.35. The summed E-state index contributed by atoms with van der Waals surface area (Å²) < 4.78 is 0. The van der Waals surface area contributed by atoms with Crippen LogP contribution in [0.4, 0.5) is 0 Å². The number of carbonyl (C=O) groups excluding carboxylic acids is 1. The predicted octanol–water partition coefficient (Wildman–Crippen LogP) is 0.0359. The van der Waals surface area contributed by atoms with Gasteiger partial charge in [0.05, 0.1) is 11.6 Å². The van der Waals surface area contributed by atoms with Crippen molar-refractivity contribution in [2.45, 2.75) is 38.3 Å². The Labute approximate surface area is 60.4 Å². The summed E-state index contributed by atoms with van der Waals surface area (Å²) in [4.78, 5) is 10.6.